The van der Waals surface area contributed by atoms with Crippen LogP contribution in [0.5, 0.6) is 0 Å². The van der Waals surface area contributed by atoms with Gasteiger partial charge in [-0.3, -0.25) is 9.59 Å². The summed E-state index contributed by atoms with van der Waals surface area (Å²) >= 11 is 0. The monoisotopic (exact) mass is 389 g/mol. The van der Waals surface area contributed by atoms with Crippen LogP contribution in [0.15, 0.2) is 59.1 Å². The molecule has 6 heteroatoms. The van der Waals surface area contributed by atoms with Crippen LogP contribution in [-0.2, 0) is 4.79 Å². The Hall–Kier alpha value is -3.41. The predicted molar refractivity (Wildman–Crippen MR) is 110 cm³/mol. The average molecular weight is 389 g/mol. The molecule has 0 spiro atoms. The highest BCUT2D eigenvalue weighted by atomic mass is 16.5. The lowest BCUT2D eigenvalue weighted by molar-refractivity contribution is -0.117. The van der Waals surface area contributed by atoms with Crippen LogP contribution < -0.4 is 10.6 Å². The molecule has 0 bridgehead atoms. The summed E-state index contributed by atoms with van der Waals surface area (Å²) in [6.45, 7) is 3.65. The normalized spacial score (nSPS) is 14.3. The molecule has 1 heterocycles. The predicted octanol–water partition coefficient (Wildman–Crippen LogP) is 4.49. The van der Waals surface area contributed by atoms with Gasteiger partial charge in [0.15, 0.2) is 0 Å². The van der Waals surface area contributed by atoms with E-state index < -0.39 is 0 Å². The van der Waals surface area contributed by atoms with E-state index in [1.165, 1.54) is 0 Å². The van der Waals surface area contributed by atoms with E-state index in [4.69, 9.17) is 4.52 Å². The van der Waals surface area contributed by atoms with Gasteiger partial charge in [0.25, 0.3) is 5.91 Å². The lowest BCUT2D eigenvalue weighted by atomic mass is 10.0. The van der Waals surface area contributed by atoms with Crippen LogP contribution in [0.2, 0.25) is 0 Å². The Morgan fingerprint density at radius 1 is 1.07 bits per heavy atom. The summed E-state index contributed by atoms with van der Waals surface area (Å²) in [6, 6.07) is 16.8. The van der Waals surface area contributed by atoms with Gasteiger partial charge in [-0.1, -0.05) is 47.6 Å². The molecule has 1 unspecified atom stereocenters. The van der Waals surface area contributed by atoms with E-state index in [1.807, 2.05) is 61.5 Å². The van der Waals surface area contributed by atoms with Gasteiger partial charge in [-0.25, -0.2) is 0 Å². The number of aryl methyl sites for hydroxylation is 1. The molecule has 4 rings (SSSR count). The Morgan fingerprint density at radius 2 is 1.76 bits per heavy atom. The number of hydrogen-bond donors (Lipinski definition) is 2. The van der Waals surface area contributed by atoms with Gasteiger partial charge in [0.2, 0.25) is 5.91 Å². The second-order valence-corrected chi connectivity index (χ2v) is 7.41. The lowest BCUT2D eigenvalue weighted by Crippen LogP contribution is -2.27. The van der Waals surface area contributed by atoms with Crippen LogP contribution >= 0.6 is 0 Å². The molecule has 0 radical (unpaired) electrons. The van der Waals surface area contributed by atoms with Gasteiger partial charge in [0.1, 0.15) is 17.0 Å². The van der Waals surface area contributed by atoms with Crippen molar-refractivity contribution in [3.63, 3.8) is 0 Å². The lowest BCUT2D eigenvalue weighted by Gasteiger charge is -2.15. The number of carbonyl (C=O) groups is 2. The maximum Gasteiger partial charge on any atom is 0.257 e. The zero-order valence-electron chi connectivity index (χ0n) is 16.4. The minimum absolute atomic E-state index is 0.0791. The van der Waals surface area contributed by atoms with Crippen LogP contribution in [0.25, 0.3) is 11.3 Å². The van der Waals surface area contributed by atoms with Crippen LogP contribution in [0, 0.1) is 12.8 Å². The SMILES string of the molecule is Cc1onc(-c2ccccc2)c1C(=O)NC(C)c1ccc(NC(=O)C2CC2)cc1. The minimum atomic E-state index is -0.235. The van der Waals surface area contributed by atoms with Crippen molar-refractivity contribution in [2.45, 2.75) is 32.7 Å². The largest absolute Gasteiger partial charge is 0.360 e. The van der Waals surface area contributed by atoms with Gasteiger partial charge in [-0.05, 0) is 44.4 Å². The van der Waals surface area contributed by atoms with Gasteiger partial charge in [-0.2, -0.15) is 0 Å². The molecule has 1 saturated carbocycles. The quantitative estimate of drug-likeness (QED) is 0.651. The summed E-state index contributed by atoms with van der Waals surface area (Å²) in [4.78, 5) is 24.8. The van der Waals surface area contributed by atoms with Crippen molar-refractivity contribution >= 4 is 17.5 Å². The Labute approximate surface area is 169 Å². The number of aromatic nitrogens is 1. The molecule has 1 atom stereocenters. The van der Waals surface area contributed by atoms with Gasteiger partial charge >= 0.3 is 0 Å². The van der Waals surface area contributed by atoms with E-state index in [2.05, 4.69) is 15.8 Å². The molecule has 29 heavy (non-hydrogen) atoms. The van der Waals surface area contributed by atoms with Gasteiger partial charge in [0, 0.05) is 17.2 Å². The van der Waals surface area contributed by atoms with E-state index in [1.54, 1.807) is 6.92 Å². The molecule has 1 aliphatic rings. The van der Waals surface area contributed by atoms with E-state index >= 15 is 0 Å². The van der Waals surface area contributed by atoms with Crippen molar-refractivity contribution in [1.29, 1.82) is 0 Å². The van der Waals surface area contributed by atoms with Crippen LogP contribution in [0.3, 0.4) is 0 Å². The van der Waals surface area contributed by atoms with Crippen molar-refractivity contribution in [2.24, 2.45) is 5.92 Å². The van der Waals surface area contributed by atoms with Crippen LogP contribution in [0.1, 0.15) is 47.5 Å². The van der Waals surface area contributed by atoms with Crippen molar-refractivity contribution in [3.8, 4) is 11.3 Å². The summed E-state index contributed by atoms with van der Waals surface area (Å²) in [5, 5.41) is 10.0. The molecule has 6 nitrogen and oxygen atoms in total. The molecule has 3 aromatic rings. The number of hydrogen-bond acceptors (Lipinski definition) is 4. The maximum atomic E-state index is 12.9. The summed E-state index contributed by atoms with van der Waals surface area (Å²) in [7, 11) is 0. The molecule has 1 aromatic heterocycles. The Bertz CT molecular complexity index is 1020. The third-order valence-electron chi connectivity index (χ3n) is 5.11. The second kappa shape index (κ2) is 7.91. The summed E-state index contributed by atoms with van der Waals surface area (Å²) in [5.74, 6) is 0.488. The second-order valence-electron chi connectivity index (χ2n) is 7.41. The highest BCUT2D eigenvalue weighted by Gasteiger charge is 2.29. The molecule has 1 aliphatic carbocycles. The first-order chi connectivity index (χ1) is 14.0. The van der Waals surface area contributed by atoms with E-state index in [-0.39, 0.29) is 23.8 Å². The zero-order valence-corrected chi connectivity index (χ0v) is 16.4. The molecule has 148 valence electrons. The number of amides is 2. The minimum Gasteiger partial charge on any atom is -0.360 e. The Morgan fingerprint density at radius 3 is 2.41 bits per heavy atom. The van der Waals surface area contributed by atoms with Crippen molar-refractivity contribution < 1.29 is 14.1 Å². The molecule has 2 N–H and O–H groups in total. The number of nitrogens with zero attached hydrogens (tertiary/aromatic N) is 1. The van der Waals surface area contributed by atoms with E-state index in [0.29, 0.717) is 17.0 Å². The van der Waals surface area contributed by atoms with Gasteiger partial charge in [-0.15, -0.1) is 0 Å². The molecule has 1 fully saturated rings. The molecular weight excluding hydrogens is 366 g/mol. The molecule has 0 aliphatic heterocycles. The Balaban J connectivity index is 1.46. The molecular formula is C23H23N3O3. The highest BCUT2D eigenvalue weighted by molar-refractivity contribution is 6.01. The zero-order chi connectivity index (χ0) is 20.4. The fourth-order valence-corrected chi connectivity index (χ4v) is 3.23. The van der Waals surface area contributed by atoms with Crippen LogP contribution in [0.4, 0.5) is 5.69 Å². The third kappa shape index (κ3) is 4.21. The number of carbonyl (C=O) groups excluding carboxylic acids is 2. The van der Waals surface area contributed by atoms with Crippen molar-refractivity contribution in [2.75, 3.05) is 5.32 Å². The fraction of sp³-hybridized carbons (Fsp3) is 0.261. The van der Waals surface area contributed by atoms with Gasteiger partial charge < -0.3 is 15.2 Å². The van der Waals surface area contributed by atoms with Crippen molar-refractivity contribution in [3.05, 3.63) is 71.5 Å². The smallest absolute Gasteiger partial charge is 0.257 e. The topological polar surface area (TPSA) is 84.2 Å². The van der Waals surface area contributed by atoms with Gasteiger partial charge in [0.05, 0.1) is 6.04 Å². The molecule has 2 amide bonds. The van der Waals surface area contributed by atoms with Crippen LogP contribution in [-0.4, -0.2) is 17.0 Å². The summed E-state index contributed by atoms with van der Waals surface area (Å²) in [6.07, 6.45) is 1.94. The number of anilines is 1. The fourth-order valence-electron chi connectivity index (χ4n) is 3.23. The molecule has 2 aromatic carbocycles. The molecule has 0 saturated heterocycles. The first-order valence-electron chi connectivity index (χ1n) is 9.76. The number of rotatable bonds is 6. The van der Waals surface area contributed by atoms with E-state index in [0.717, 1.165) is 29.7 Å². The Kier molecular flexibility index (Phi) is 5.16. The highest BCUT2D eigenvalue weighted by Crippen LogP contribution is 2.30. The average Bonchev–Trinajstić information content (AvgIpc) is 3.51. The first kappa shape index (κ1) is 18.9. The van der Waals surface area contributed by atoms with E-state index in [9.17, 15) is 9.59 Å². The standard InChI is InChI=1S/C23H23N3O3/c1-14(16-10-12-19(13-11-16)25-22(27)18-8-9-18)24-23(28)20-15(2)29-26-21(20)17-6-4-3-5-7-17/h3-7,10-14,18H,8-9H2,1-2H3,(H,24,28)(H,25,27). The summed E-state index contributed by atoms with van der Waals surface area (Å²) in [5.41, 5.74) is 3.52. The maximum absolute atomic E-state index is 12.9. The first-order valence-corrected chi connectivity index (χ1v) is 9.76. The third-order valence-corrected chi connectivity index (χ3v) is 5.11. The number of nitrogens with one attached hydrogen (secondary N) is 2. The van der Waals surface area contributed by atoms with Crippen molar-refractivity contribution in [1.82, 2.24) is 10.5 Å². The number of benzene rings is 2. The summed E-state index contributed by atoms with van der Waals surface area (Å²) < 4.78 is 5.28.